The van der Waals surface area contributed by atoms with Gasteiger partial charge in [-0.25, -0.2) is 9.37 Å². The number of rotatable bonds is 5. The monoisotopic (exact) mass is 440 g/mol. The first-order valence-corrected chi connectivity index (χ1v) is 13.3. The van der Waals surface area contributed by atoms with Crippen molar-refractivity contribution in [3.63, 3.8) is 0 Å². The van der Waals surface area contributed by atoms with Crippen molar-refractivity contribution in [1.82, 2.24) is 14.5 Å². The maximum absolute atomic E-state index is 13.6. The van der Waals surface area contributed by atoms with Crippen molar-refractivity contribution in [2.24, 2.45) is 7.05 Å². The van der Waals surface area contributed by atoms with E-state index in [0.29, 0.717) is 29.7 Å². The number of aromatic nitrogens is 3. The van der Waals surface area contributed by atoms with Crippen LogP contribution in [0.2, 0.25) is 18.1 Å². The van der Waals surface area contributed by atoms with Crippen LogP contribution in [0, 0.1) is 5.82 Å². The highest BCUT2D eigenvalue weighted by atomic mass is 28.4. The van der Waals surface area contributed by atoms with Crippen LogP contribution in [-0.2, 0) is 18.1 Å². The number of hydrogen-bond donors (Lipinski definition) is 0. The molecule has 0 fully saturated rings. The average Bonchev–Trinajstić information content (AvgIpc) is 3.25. The van der Waals surface area contributed by atoms with Crippen molar-refractivity contribution in [2.75, 3.05) is 11.9 Å². The third kappa shape index (κ3) is 3.97. The minimum Gasteiger partial charge on any atom is -0.423 e. The first-order chi connectivity index (χ1) is 14.5. The molecule has 0 N–H and O–H groups in total. The maximum Gasteiger partial charge on any atom is 0.305 e. The lowest BCUT2D eigenvalue weighted by molar-refractivity contribution is 0.276. The van der Waals surface area contributed by atoms with Crippen molar-refractivity contribution in [2.45, 2.75) is 45.5 Å². The Kier molecular flexibility index (Phi) is 5.18. The van der Waals surface area contributed by atoms with Crippen LogP contribution < -0.4 is 4.90 Å². The van der Waals surface area contributed by atoms with Gasteiger partial charge in [-0.1, -0.05) is 26.8 Å². The van der Waals surface area contributed by atoms with Gasteiger partial charge in [-0.3, -0.25) is 4.90 Å². The lowest BCUT2D eigenvalue weighted by Gasteiger charge is -2.36. The molecule has 0 saturated heterocycles. The highest BCUT2D eigenvalue weighted by Gasteiger charge is 2.37. The van der Waals surface area contributed by atoms with Gasteiger partial charge in [0.25, 0.3) is 0 Å². The number of anilines is 2. The molecule has 0 unspecified atom stereocenters. The van der Waals surface area contributed by atoms with Crippen LogP contribution in [0.15, 0.2) is 40.8 Å². The van der Waals surface area contributed by atoms with Crippen LogP contribution in [0.25, 0.3) is 22.1 Å². The van der Waals surface area contributed by atoms with Crippen molar-refractivity contribution < 1.29 is 13.2 Å². The normalized spacial score (nSPS) is 12.8. The molecular formula is C23H29FN4O2Si. The van der Waals surface area contributed by atoms with Gasteiger partial charge < -0.3 is 13.4 Å². The summed E-state index contributed by atoms with van der Waals surface area (Å²) < 4.78 is 27.8. The van der Waals surface area contributed by atoms with Gasteiger partial charge in [0, 0.05) is 20.2 Å². The fourth-order valence-electron chi connectivity index (χ4n) is 3.22. The minimum atomic E-state index is -1.83. The van der Waals surface area contributed by atoms with Crippen molar-refractivity contribution in [3.8, 4) is 0 Å². The smallest absolute Gasteiger partial charge is 0.305 e. The van der Waals surface area contributed by atoms with Crippen molar-refractivity contribution >= 4 is 42.4 Å². The average molecular weight is 441 g/mol. The van der Waals surface area contributed by atoms with Crippen molar-refractivity contribution in [3.05, 3.63) is 47.8 Å². The van der Waals surface area contributed by atoms with E-state index in [1.807, 2.05) is 36.9 Å². The first-order valence-electron chi connectivity index (χ1n) is 10.4. The van der Waals surface area contributed by atoms with Crippen LogP contribution in [0.3, 0.4) is 0 Å². The number of halogens is 1. The summed E-state index contributed by atoms with van der Waals surface area (Å²) in [7, 11) is 1.90. The molecule has 0 atom stereocenters. The Labute approximate surface area is 182 Å². The zero-order valence-corrected chi connectivity index (χ0v) is 20.2. The van der Waals surface area contributed by atoms with Crippen LogP contribution in [0.1, 0.15) is 26.3 Å². The van der Waals surface area contributed by atoms with E-state index < -0.39 is 8.32 Å². The van der Waals surface area contributed by atoms with Crippen LogP contribution in [0.5, 0.6) is 0 Å². The number of nitrogens with zero attached hydrogens (tertiary/aromatic N) is 4. The van der Waals surface area contributed by atoms with Crippen LogP contribution in [-0.4, -0.2) is 29.9 Å². The molecule has 0 aliphatic carbocycles. The summed E-state index contributed by atoms with van der Waals surface area (Å²) in [5.74, 6) is 0.308. The van der Waals surface area contributed by atoms with Gasteiger partial charge >= 0.3 is 6.01 Å². The molecule has 31 heavy (non-hydrogen) atoms. The molecule has 0 saturated carbocycles. The predicted octanol–water partition coefficient (Wildman–Crippen LogP) is 6.14. The van der Waals surface area contributed by atoms with E-state index in [-0.39, 0.29) is 10.9 Å². The predicted molar refractivity (Wildman–Crippen MR) is 125 cm³/mol. The molecule has 0 radical (unpaired) electrons. The second-order valence-electron chi connectivity index (χ2n) is 9.51. The summed E-state index contributed by atoms with van der Waals surface area (Å²) in [6, 6.07) is 10.9. The molecule has 4 aromatic rings. The number of aryl methyl sites for hydroxylation is 1. The first kappa shape index (κ1) is 21.5. The fourth-order valence-corrected chi connectivity index (χ4v) is 4.18. The van der Waals surface area contributed by atoms with Gasteiger partial charge in [0.15, 0.2) is 13.9 Å². The van der Waals surface area contributed by atoms with Gasteiger partial charge in [0.05, 0.1) is 17.6 Å². The molecule has 2 aromatic carbocycles. The summed E-state index contributed by atoms with van der Waals surface area (Å²) in [5, 5.41) is 0.162. The molecule has 6 nitrogen and oxygen atoms in total. The molecule has 0 aliphatic rings. The highest BCUT2D eigenvalue weighted by Crippen LogP contribution is 2.37. The minimum absolute atomic E-state index is 0.162. The molecule has 2 aromatic heterocycles. The van der Waals surface area contributed by atoms with E-state index >= 15 is 0 Å². The molecule has 0 aliphatic heterocycles. The fraction of sp³-hybridized carbons (Fsp3) is 0.391. The third-order valence-electron chi connectivity index (χ3n) is 6.25. The quantitative estimate of drug-likeness (QED) is 0.349. The highest BCUT2D eigenvalue weighted by molar-refractivity contribution is 6.74. The van der Waals surface area contributed by atoms with Crippen LogP contribution in [0.4, 0.5) is 16.4 Å². The maximum atomic E-state index is 13.6. The van der Waals surface area contributed by atoms with Crippen molar-refractivity contribution in [1.29, 1.82) is 0 Å². The van der Waals surface area contributed by atoms with E-state index in [4.69, 9.17) is 8.84 Å². The summed E-state index contributed by atoms with van der Waals surface area (Å²) in [6.07, 6.45) is 0. The molecule has 8 heteroatoms. The van der Waals surface area contributed by atoms with E-state index in [1.54, 1.807) is 11.0 Å². The van der Waals surface area contributed by atoms with Gasteiger partial charge in [-0.15, -0.1) is 0 Å². The zero-order valence-electron chi connectivity index (χ0n) is 19.2. The Morgan fingerprint density at radius 2 is 1.84 bits per heavy atom. The Hall–Kier alpha value is -2.71. The van der Waals surface area contributed by atoms with E-state index in [0.717, 1.165) is 16.6 Å². The number of fused-ring (bicyclic) bond motifs is 2. The molecule has 2 heterocycles. The topological polar surface area (TPSA) is 56.3 Å². The molecule has 4 rings (SSSR count). The van der Waals surface area contributed by atoms with Gasteiger partial charge in [0.1, 0.15) is 11.3 Å². The SMILES string of the molecule is CN(c1nc2cc(CO[Si](C)(C)C(C)(C)C)ccc2o1)c1nc2cc(F)ccc2n1C. The van der Waals surface area contributed by atoms with E-state index in [9.17, 15) is 4.39 Å². The summed E-state index contributed by atoms with van der Waals surface area (Å²) in [6.45, 7) is 11.8. The third-order valence-corrected chi connectivity index (χ3v) is 10.7. The Morgan fingerprint density at radius 1 is 1.10 bits per heavy atom. The summed E-state index contributed by atoms with van der Waals surface area (Å²) in [4.78, 5) is 11.0. The number of imidazole rings is 1. The second-order valence-corrected chi connectivity index (χ2v) is 14.3. The molecule has 0 spiro atoms. The lowest BCUT2D eigenvalue weighted by Crippen LogP contribution is -2.40. The molecule has 0 bridgehead atoms. The number of hydrogen-bond acceptors (Lipinski definition) is 5. The Morgan fingerprint density at radius 3 is 2.55 bits per heavy atom. The number of oxazole rings is 1. The second kappa shape index (κ2) is 7.46. The lowest BCUT2D eigenvalue weighted by atomic mass is 10.2. The Bertz CT molecular complexity index is 1260. The molecule has 164 valence electrons. The van der Waals surface area contributed by atoms with E-state index in [2.05, 4.69) is 43.8 Å². The van der Waals surface area contributed by atoms with Gasteiger partial charge in [0.2, 0.25) is 5.95 Å². The molecular weight excluding hydrogens is 411 g/mol. The van der Waals surface area contributed by atoms with Crippen LogP contribution >= 0.6 is 0 Å². The number of benzene rings is 2. The molecule has 0 amide bonds. The van der Waals surface area contributed by atoms with Gasteiger partial charge in [-0.2, -0.15) is 4.98 Å². The van der Waals surface area contributed by atoms with E-state index in [1.165, 1.54) is 12.1 Å². The Balaban J connectivity index is 1.60. The van der Waals surface area contributed by atoms with Gasteiger partial charge in [-0.05, 0) is 48.0 Å². The standard InChI is InChI=1S/C23H29FN4O2Si/c1-23(2,3)31(6,7)29-14-15-8-11-20-18(12-15)26-22(30-20)28(5)21-25-17-13-16(24)9-10-19(17)27(21)4/h8-13H,14H2,1-7H3. The zero-order chi connectivity index (χ0) is 22.6. The summed E-state index contributed by atoms with van der Waals surface area (Å²) in [5.41, 5.74) is 3.96. The summed E-state index contributed by atoms with van der Waals surface area (Å²) >= 11 is 0. The largest absolute Gasteiger partial charge is 0.423 e.